The van der Waals surface area contributed by atoms with Gasteiger partial charge in [0.25, 0.3) is 0 Å². The molecule has 0 spiro atoms. The Kier molecular flexibility index (Phi) is 4.48. The molecular weight excluding hydrogens is 407 g/mol. The average molecular weight is 420 g/mol. The summed E-state index contributed by atoms with van der Waals surface area (Å²) in [5.41, 5.74) is 0.826. The van der Waals surface area contributed by atoms with Crippen molar-refractivity contribution in [1.82, 2.24) is 4.72 Å². The molecule has 8 heteroatoms. The number of alkyl halides is 3. The fourth-order valence-corrected chi connectivity index (χ4v) is 4.76. The number of halogens is 4. The number of hydrogen-bond donors (Lipinski definition) is 1. The molecule has 0 saturated carbocycles. The van der Waals surface area contributed by atoms with E-state index in [1.807, 2.05) is 18.2 Å². The van der Waals surface area contributed by atoms with Crippen molar-refractivity contribution in [3.8, 4) is 0 Å². The number of rotatable bonds is 3. The maximum Gasteiger partial charge on any atom is 0.417 e. The van der Waals surface area contributed by atoms with Crippen molar-refractivity contribution in [2.24, 2.45) is 0 Å². The summed E-state index contributed by atoms with van der Waals surface area (Å²) in [6, 6.07) is 9.38. The number of hydrogen-bond acceptors (Lipinski definition) is 2. The lowest BCUT2D eigenvalue weighted by molar-refractivity contribution is -0.139. The van der Waals surface area contributed by atoms with Crippen molar-refractivity contribution in [2.75, 3.05) is 0 Å². The van der Waals surface area contributed by atoms with Gasteiger partial charge in [-0.25, -0.2) is 13.1 Å². The van der Waals surface area contributed by atoms with Gasteiger partial charge >= 0.3 is 6.18 Å². The average Bonchev–Trinajstić information content (AvgIpc) is 2.87. The van der Waals surface area contributed by atoms with Gasteiger partial charge in [0.2, 0.25) is 10.0 Å². The van der Waals surface area contributed by atoms with E-state index in [4.69, 9.17) is 0 Å². The summed E-state index contributed by atoms with van der Waals surface area (Å²) in [5.74, 6) is 0. The minimum absolute atomic E-state index is 0.447. The van der Waals surface area contributed by atoms with Gasteiger partial charge in [-0.05, 0) is 48.2 Å². The maximum atomic E-state index is 13.1. The van der Waals surface area contributed by atoms with Gasteiger partial charge in [-0.2, -0.15) is 13.2 Å². The van der Waals surface area contributed by atoms with Gasteiger partial charge in [0.05, 0.1) is 10.5 Å². The van der Waals surface area contributed by atoms with Crippen LogP contribution in [0, 0.1) is 0 Å². The molecule has 1 unspecified atom stereocenters. The molecule has 0 saturated heterocycles. The first-order chi connectivity index (χ1) is 11.2. The Balaban J connectivity index is 1.87. The van der Waals surface area contributed by atoms with Crippen LogP contribution < -0.4 is 4.72 Å². The predicted molar refractivity (Wildman–Crippen MR) is 87.1 cm³/mol. The van der Waals surface area contributed by atoms with Crippen molar-refractivity contribution < 1.29 is 21.6 Å². The molecule has 0 aromatic heterocycles. The van der Waals surface area contributed by atoms with Crippen LogP contribution in [0.2, 0.25) is 0 Å². The van der Waals surface area contributed by atoms with Crippen LogP contribution in [0.3, 0.4) is 0 Å². The largest absolute Gasteiger partial charge is 0.417 e. The normalized spacial score (nSPS) is 17.8. The quantitative estimate of drug-likeness (QED) is 0.819. The van der Waals surface area contributed by atoms with E-state index in [1.54, 1.807) is 0 Å². The predicted octanol–water partition coefficient (Wildman–Crippen LogP) is 3.91. The second kappa shape index (κ2) is 6.16. The topological polar surface area (TPSA) is 46.2 Å². The number of nitrogens with one attached hydrogen (secondary N) is 1. The second-order valence-corrected chi connectivity index (χ2v) is 8.23. The third-order valence-electron chi connectivity index (χ3n) is 3.90. The molecule has 3 nitrogen and oxygen atoms in total. The van der Waals surface area contributed by atoms with Crippen LogP contribution in [-0.4, -0.2) is 14.5 Å². The molecule has 0 aliphatic heterocycles. The molecule has 128 valence electrons. The molecule has 1 aliphatic rings. The van der Waals surface area contributed by atoms with E-state index in [1.165, 1.54) is 12.1 Å². The molecule has 1 atom stereocenters. The molecular formula is C16H13BrF3NO2S. The van der Waals surface area contributed by atoms with Crippen molar-refractivity contribution >= 4 is 26.0 Å². The highest BCUT2D eigenvalue weighted by molar-refractivity contribution is 9.10. The van der Waals surface area contributed by atoms with Gasteiger partial charge in [-0.1, -0.05) is 34.1 Å². The van der Waals surface area contributed by atoms with Gasteiger partial charge < -0.3 is 0 Å². The van der Waals surface area contributed by atoms with E-state index in [-0.39, 0.29) is 0 Å². The summed E-state index contributed by atoms with van der Waals surface area (Å²) >= 11 is 3.35. The van der Waals surface area contributed by atoms with E-state index < -0.39 is 32.7 Å². The van der Waals surface area contributed by atoms with Gasteiger partial charge in [0, 0.05) is 10.5 Å². The molecule has 0 bridgehead atoms. The minimum Gasteiger partial charge on any atom is -0.207 e. The lowest BCUT2D eigenvalue weighted by Crippen LogP contribution is -2.36. The number of sulfonamides is 1. The van der Waals surface area contributed by atoms with E-state index >= 15 is 0 Å². The molecule has 0 heterocycles. The van der Waals surface area contributed by atoms with Crippen LogP contribution in [0.25, 0.3) is 0 Å². The van der Waals surface area contributed by atoms with E-state index in [2.05, 4.69) is 20.7 Å². The summed E-state index contributed by atoms with van der Waals surface area (Å²) in [6.45, 7) is 0. The third-order valence-corrected chi connectivity index (χ3v) is 5.98. The molecule has 1 N–H and O–H groups in total. The Hall–Kier alpha value is -1.38. The first-order valence-electron chi connectivity index (χ1n) is 7.13. The lowest BCUT2D eigenvalue weighted by Gasteiger charge is -2.16. The Morgan fingerprint density at radius 1 is 1.04 bits per heavy atom. The number of fused-ring (bicyclic) bond motifs is 1. The monoisotopic (exact) mass is 419 g/mol. The highest BCUT2D eigenvalue weighted by Crippen LogP contribution is 2.34. The molecule has 0 amide bonds. The van der Waals surface area contributed by atoms with Crippen molar-refractivity contribution in [3.05, 3.63) is 63.6 Å². The highest BCUT2D eigenvalue weighted by Gasteiger charge is 2.37. The van der Waals surface area contributed by atoms with Gasteiger partial charge in [-0.15, -0.1) is 0 Å². The fraction of sp³-hybridized carbons (Fsp3) is 0.250. The molecule has 2 aromatic rings. The summed E-state index contributed by atoms with van der Waals surface area (Å²) in [4.78, 5) is -0.741. The fourth-order valence-electron chi connectivity index (χ4n) is 2.89. The van der Waals surface area contributed by atoms with E-state index in [0.717, 1.165) is 27.7 Å². The Morgan fingerprint density at radius 2 is 1.71 bits per heavy atom. The van der Waals surface area contributed by atoms with Crippen LogP contribution in [0.5, 0.6) is 0 Å². The van der Waals surface area contributed by atoms with Gasteiger partial charge in [0.15, 0.2) is 0 Å². The zero-order valence-corrected chi connectivity index (χ0v) is 14.7. The summed E-state index contributed by atoms with van der Waals surface area (Å²) in [7, 11) is -4.27. The second-order valence-electron chi connectivity index (χ2n) is 5.63. The van der Waals surface area contributed by atoms with Crippen molar-refractivity contribution in [1.29, 1.82) is 0 Å². The van der Waals surface area contributed by atoms with Gasteiger partial charge in [-0.3, -0.25) is 0 Å². The standard InChI is InChI=1S/C16H13BrF3NO2S/c17-12-6-5-10-8-13(9-11(10)7-12)21-24(22,23)15-4-2-1-3-14(15)16(18,19)20/h1-7,13,21H,8-9H2. The zero-order chi connectivity index (χ0) is 17.5. The number of benzene rings is 2. The first kappa shape index (κ1) is 17.4. The Labute approximate surface area is 146 Å². The molecule has 2 aromatic carbocycles. The van der Waals surface area contributed by atoms with Crippen LogP contribution in [0.4, 0.5) is 13.2 Å². The Bertz CT molecular complexity index is 881. The summed E-state index contributed by atoms with van der Waals surface area (Å²) in [6.07, 6.45) is -3.83. The van der Waals surface area contributed by atoms with Crippen LogP contribution in [0.15, 0.2) is 51.8 Å². The van der Waals surface area contributed by atoms with Crippen molar-refractivity contribution in [2.45, 2.75) is 30.0 Å². The third kappa shape index (κ3) is 3.50. The van der Waals surface area contributed by atoms with Gasteiger partial charge in [0.1, 0.15) is 0 Å². The lowest BCUT2D eigenvalue weighted by atomic mass is 10.1. The van der Waals surface area contributed by atoms with Crippen LogP contribution >= 0.6 is 15.9 Å². The van der Waals surface area contributed by atoms with E-state index in [9.17, 15) is 21.6 Å². The zero-order valence-electron chi connectivity index (χ0n) is 12.3. The smallest absolute Gasteiger partial charge is 0.207 e. The molecule has 0 radical (unpaired) electrons. The van der Waals surface area contributed by atoms with Crippen molar-refractivity contribution in [3.63, 3.8) is 0 Å². The first-order valence-corrected chi connectivity index (χ1v) is 9.40. The van der Waals surface area contributed by atoms with Crippen LogP contribution in [0.1, 0.15) is 16.7 Å². The van der Waals surface area contributed by atoms with E-state index in [0.29, 0.717) is 12.8 Å². The van der Waals surface area contributed by atoms with Crippen LogP contribution in [-0.2, 0) is 29.0 Å². The Morgan fingerprint density at radius 3 is 2.42 bits per heavy atom. The summed E-state index contributed by atoms with van der Waals surface area (Å²) < 4.78 is 67.4. The maximum absolute atomic E-state index is 13.1. The molecule has 3 rings (SSSR count). The molecule has 0 fully saturated rings. The molecule has 1 aliphatic carbocycles. The highest BCUT2D eigenvalue weighted by atomic mass is 79.9. The SMILES string of the molecule is O=S(=O)(NC1Cc2ccc(Br)cc2C1)c1ccccc1C(F)(F)F. The molecule has 24 heavy (non-hydrogen) atoms. The minimum atomic E-state index is -4.73. The summed E-state index contributed by atoms with van der Waals surface area (Å²) in [5, 5.41) is 0.